The summed E-state index contributed by atoms with van der Waals surface area (Å²) in [6.07, 6.45) is 3.05. The summed E-state index contributed by atoms with van der Waals surface area (Å²) >= 11 is 3.47. The summed E-state index contributed by atoms with van der Waals surface area (Å²) in [5.74, 6) is 1.58. The van der Waals surface area contributed by atoms with Crippen molar-refractivity contribution in [3.05, 3.63) is 87.8 Å². The van der Waals surface area contributed by atoms with Crippen LogP contribution in [0.1, 0.15) is 16.9 Å². The lowest BCUT2D eigenvalue weighted by Crippen LogP contribution is -2.23. The van der Waals surface area contributed by atoms with E-state index in [4.69, 9.17) is 13.9 Å². The Labute approximate surface area is 189 Å². The fourth-order valence-electron chi connectivity index (χ4n) is 2.66. The van der Waals surface area contributed by atoms with Gasteiger partial charge in [-0.2, -0.15) is 5.26 Å². The summed E-state index contributed by atoms with van der Waals surface area (Å²) in [6.45, 7) is 3.02. The van der Waals surface area contributed by atoms with Crippen LogP contribution >= 0.6 is 15.9 Å². The third-order valence-corrected chi connectivity index (χ3v) is 4.89. The van der Waals surface area contributed by atoms with Crippen molar-refractivity contribution in [2.75, 3.05) is 13.2 Å². The Morgan fingerprint density at radius 1 is 1.16 bits per heavy atom. The van der Waals surface area contributed by atoms with Gasteiger partial charge < -0.3 is 19.2 Å². The zero-order chi connectivity index (χ0) is 22.1. The van der Waals surface area contributed by atoms with Gasteiger partial charge >= 0.3 is 0 Å². The molecule has 3 rings (SSSR count). The summed E-state index contributed by atoms with van der Waals surface area (Å²) in [7, 11) is 0. The highest BCUT2D eigenvalue weighted by atomic mass is 79.9. The predicted octanol–water partition coefficient (Wildman–Crippen LogP) is 5.03. The Hall–Kier alpha value is -3.50. The summed E-state index contributed by atoms with van der Waals surface area (Å²) in [6, 6.07) is 18.6. The first-order chi connectivity index (χ1) is 15.0. The number of carbonyl (C=O) groups is 1. The van der Waals surface area contributed by atoms with Crippen molar-refractivity contribution in [3.63, 3.8) is 0 Å². The van der Waals surface area contributed by atoms with E-state index in [-0.39, 0.29) is 12.1 Å². The lowest BCUT2D eigenvalue weighted by molar-refractivity contribution is -0.117. The molecule has 3 aromatic rings. The molecule has 0 aliphatic heterocycles. The predicted molar refractivity (Wildman–Crippen MR) is 120 cm³/mol. The third kappa shape index (κ3) is 6.76. The molecule has 31 heavy (non-hydrogen) atoms. The van der Waals surface area contributed by atoms with Crippen LogP contribution in [0.3, 0.4) is 0 Å². The number of halogens is 1. The second-order valence-corrected chi connectivity index (χ2v) is 7.49. The number of hydrogen-bond donors (Lipinski definition) is 1. The number of hydrogen-bond acceptors (Lipinski definition) is 5. The zero-order valence-electron chi connectivity index (χ0n) is 16.9. The molecule has 0 unspecified atom stereocenters. The molecule has 1 aromatic heterocycles. The van der Waals surface area contributed by atoms with Gasteiger partial charge in [-0.15, -0.1) is 0 Å². The van der Waals surface area contributed by atoms with E-state index >= 15 is 0 Å². The van der Waals surface area contributed by atoms with Crippen molar-refractivity contribution in [2.24, 2.45) is 0 Å². The molecule has 1 heterocycles. The van der Waals surface area contributed by atoms with Crippen LogP contribution in [0, 0.1) is 18.3 Å². The summed E-state index contributed by atoms with van der Waals surface area (Å²) in [4.78, 5) is 12.2. The quantitative estimate of drug-likeness (QED) is 0.263. The van der Waals surface area contributed by atoms with Gasteiger partial charge in [0.05, 0.1) is 17.3 Å². The second kappa shape index (κ2) is 11.0. The van der Waals surface area contributed by atoms with Gasteiger partial charge in [-0.05, 0) is 70.9 Å². The van der Waals surface area contributed by atoms with E-state index in [9.17, 15) is 10.1 Å². The van der Waals surface area contributed by atoms with Crippen LogP contribution in [0.2, 0.25) is 0 Å². The molecule has 7 heteroatoms. The van der Waals surface area contributed by atoms with Crippen LogP contribution in [0.4, 0.5) is 0 Å². The fraction of sp³-hybridized carbons (Fsp3) is 0.167. The first-order valence-electron chi connectivity index (χ1n) is 9.59. The van der Waals surface area contributed by atoms with E-state index in [1.165, 1.54) is 17.9 Å². The average Bonchev–Trinajstić information content (AvgIpc) is 3.29. The SMILES string of the molecule is Cc1ccc(OCCOc2ccc(C=C(C#N)C(=O)NCc3ccco3)cc2Br)cc1. The number of furan rings is 1. The molecule has 0 saturated carbocycles. The van der Waals surface area contributed by atoms with E-state index in [1.54, 1.807) is 30.3 Å². The van der Waals surface area contributed by atoms with Crippen molar-refractivity contribution in [3.8, 4) is 17.6 Å². The maximum atomic E-state index is 12.2. The summed E-state index contributed by atoms with van der Waals surface area (Å²) in [5, 5.41) is 12.0. The maximum Gasteiger partial charge on any atom is 0.262 e. The minimum absolute atomic E-state index is 0.00128. The van der Waals surface area contributed by atoms with Gasteiger partial charge in [0, 0.05) is 0 Å². The molecular weight excluding hydrogens is 460 g/mol. The number of amides is 1. The highest BCUT2D eigenvalue weighted by molar-refractivity contribution is 9.10. The van der Waals surface area contributed by atoms with E-state index in [2.05, 4.69) is 21.2 Å². The smallest absolute Gasteiger partial charge is 0.262 e. The molecule has 1 amide bonds. The normalized spacial score (nSPS) is 10.9. The summed E-state index contributed by atoms with van der Waals surface area (Å²) < 4.78 is 17.3. The van der Waals surface area contributed by atoms with E-state index in [0.717, 1.165) is 5.75 Å². The summed E-state index contributed by atoms with van der Waals surface area (Å²) in [5.41, 5.74) is 1.87. The van der Waals surface area contributed by atoms with Gasteiger partial charge in [0.2, 0.25) is 0 Å². The Balaban J connectivity index is 1.53. The molecule has 158 valence electrons. The van der Waals surface area contributed by atoms with Gasteiger partial charge in [-0.3, -0.25) is 4.79 Å². The van der Waals surface area contributed by atoms with Crippen LogP contribution < -0.4 is 14.8 Å². The molecule has 6 nitrogen and oxygen atoms in total. The Morgan fingerprint density at radius 2 is 1.94 bits per heavy atom. The highest BCUT2D eigenvalue weighted by Gasteiger charge is 2.10. The van der Waals surface area contributed by atoms with E-state index in [0.29, 0.717) is 34.8 Å². The van der Waals surface area contributed by atoms with Crippen LogP contribution in [0.5, 0.6) is 11.5 Å². The van der Waals surface area contributed by atoms with Gasteiger partial charge in [-0.1, -0.05) is 23.8 Å². The van der Waals surface area contributed by atoms with Crippen molar-refractivity contribution in [1.29, 1.82) is 5.26 Å². The first-order valence-corrected chi connectivity index (χ1v) is 10.4. The standard InChI is InChI=1S/C24H21BrN2O4/c1-17-4-7-20(8-5-17)30-11-12-31-23-9-6-18(14-22(23)25)13-19(15-26)24(28)27-16-21-3-2-10-29-21/h2-10,13-14H,11-12,16H2,1H3,(H,27,28). The molecule has 0 aliphatic rings. The second-order valence-electron chi connectivity index (χ2n) is 6.63. The molecule has 0 bridgehead atoms. The highest BCUT2D eigenvalue weighted by Crippen LogP contribution is 2.27. The first kappa shape index (κ1) is 22.2. The molecular formula is C24H21BrN2O4. The number of carbonyl (C=O) groups excluding carboxylic acids is 1. The fourth-order valence-corrected chi connectivity index (χ4v) is 3.17. The Morgan fingerprint density at radius 3 is 2.61 bits per heavy atom. The van der Waals surface area contributed by atoms with Gasteiger partial charge in [0.1, 0.15) is 42.1 Å². The third-order valence-electron chi connectivity index (χ3n) is 4.27. The minimum Gasteiger partial charge on any atom is -0.490 e. The van der Waals surface area contributed by atoms with Crippen molar-refractivity contribution in [2.45, 2.75) is 13.5 Å². The number of rotatable bonds is 9. The van der Waals surface area contributed by atoms with Crippen LogP contribution in [-0.4, -0.2) is 19.1 Å². The van der Waals surface area contributed by atoms with Crippen LogP contribution in [0.15, 0.2) is 75.3 Å². The van der Waals surface area contributed by atoms with Gasteiger partial charge in [0.15, 0.2) is 0 Å². The Kier molecular flexibility index (Phi) is 7.91. The van der Waals surface area contributed by atoms with Gasteiger partial charge in [-0.25, -0.2) is 0 Å². The molecule has 0 atom stereocenters. The number of nitrogens with one attached hydrogen (secondary N) is 1. The lowest BCUT2D eigenvalue weighted by Gasteiger charge is -2.10. The zero-order valence-corrected chi connectivity index (χ0v) is 18.5. The van der Waals surface area contributed by atoms with Crippen molar-refractivity contribution < 1.29 is 18.7 Å². The molecule has 0 spiro atoms. The molecule has 1 N–H and O–H groups in total. The number of nitriles is 1. The minimum atomic E-state index is -0.469. The number of nitrogens with zero attached hydrogens (tertiary/aromatic N) is 1. The molecule has 0 saturated heterocycles. The molecule has 0 radical (unpaired) electrons. The molecule has 0 fully saturated rings. The van der Waals surface area contributed by atoms with Crippen molar-refractivity contribution >= 4 is 27.9 Å². The molecule has 2 aromatic carbocycles. The van der Waals surface area contributed by atoms with Crippen LogP contribution in [-0.2, 0) is 11.3 Å². The van der Waals surface area contributed by atoms with Gasteiger partial charge in [0.25, 0.3) is 5.91 Å². The number of benzene rings is 2. The number of aryl methyl sites for hydroxylation is 1. The lowest BCUT2D eigenvalue weighted by atomic mass is 10.1. The Bertz CT molecular complexity index is 1080. The van der Waals surface area contributed by atoms with E-state index in [1.807, 2.05) is 37.3 Å². The largest absolute Gasteiger partial charge is 0.490 e. The number of ether oxygens (including phenoxy) is 2. The monoisotopic (exact) mass is 480 g/mol. The molecule has 0 aliphatic carbocycles. The maximum absolute atomic E-state index is 12.2. The van der Waals surface area contributed by atoms with E-state index < -0.39 is 5.91 Å². The topological polar surface area (TPSA) is 84.5 Å². The van der Waals surface area contributed by atoms with Crippen molar-refractivity contribution in [1.82, 2.24) is 5.32 Å². The average molecular weight is 481 g/mol. The van der Waals surface area contributed by atoms with Crippen LogP contribution in [0.25, 0.3) is 6.08 Å².